The summed E-state index contributed by atoms with van der Waals surface area (Å²) >= 11 is 6.01. The van der Waals surface area contributed by atoms with Crippen LogP contribution in [0.3, 0.4) is 0 Å². The van der Waals surface area contributed by atoms with Crippen molar-refractivity contribution in [2.75, 3.05) is 29.2 Å². The lowest BCUT2D eigenvalue weighted by molar-refractivity contribution is -0.119. The molecule has 0 saturated heterocycles. The Labute approximate surface area is 222 Å². The number of rotatable bonds is 5. The Morgan fingerprint density at radius 2 is 1.76 bits per heavy atom. The molecule has 2 N–H and O–H groups in total. The van der Waals surface area contributed by atoms with Gasteiger partial charge in [-0.15, -0.1) is 0 Å². The van der Waals surface area contributed by atoms with Crippen LogP contribution in [0, 0.1) is 5.41 Å². The summed E-state index contributed by atoms with van der Waals surface area (Å²) in [7, 11) is 1.63. The Hall–Kier alpha value is -3.77. The summed E-state index contributed by atoms with van der Waals surface area (Å²) < 4.78 is 5.38. The van der Waals surface area contributed by atoms with Crippen molar-refractivity contribution in [2.24, 2.45) is 5.41 Å². The average molecular weight is 516 g/mol. The Morgan fingerprint density at radius 3 is 2.46 bits per heavy atom. The number of ether oxygens (including phenoxy) is 1. The Kier molecular flexibility index (Phi) is 6.69. The Morgan fingerprint density at radius 1 is 1.05 bits per heavy atom. The van der Waals surface area contributed by atoms with Crippen molar-refractivity contribution in [3.05, 3.63) is 94.7 Å². The first-order chi connectivity index (χ1) is 17.7. The molecule has 1 atom stereocenters. The van der Waals surface area contributed by atoms with Crippen molar-refractivity contribution in [1.82, 2.24) is 0 Å². The number of carbonyl (C=O) groups excluding carboxylic acids is 2. The number of hydrogen-bond acceptors (Lipinski definition) is 5. The second-order valence-electron chi connectivity index (χ2n) is 10.3. The summed E-state index contributed by atoms with van der Waals surface area (Å²) in [5, 5.41) is 7.15. The third-order valence-corrected chi connectivity index (χ3v) is 7.13. The van der Waals surface area contributed by atoms with Crippen LogP contribution in [0.1, 0.15) is 38.3 Å². The zero-order chi connectivity index (χ0) is 26.2. The lowest BCUT2D eigenvalue weighted by Crippen LogP contribution is -2.40. The average Bonchev–Trinajstić information content (AvgIpc) is 2.99. The molecule has 5 rings (SSSR count). The number of amides is 1. The molecule has 3 aromatic rings. The maximum Gasteiger partial charge on any atom is 0.243 e. The summed E-state index contributed by atoms with van der Waals surface area (Å²) in [6, 6.07) is 22.2. The van der Waals surface area contributed by atoms with Gasteiger partial charge in [-0.2, -0.15) is 0 Å². The molecule has 0 fully saturated rings. The Bertz CT molecular complexity index is 1360. The summed E-state index contributed by atoms with van der Waals surface area (Å²) in [5.74, 6) is 0.631. The topological polar surface area (TPSA) is 70.7 Å². The third-order valence-electron chi connectivity index (χ3n) is 6.88. The number of nitrogens with one attached hydrogen (secondary N) is 2. The molecule has 6 nitrogen and oxygen atoms in total. The standard InChI is InChI=1S/C30H30ClN3O3/c1-30(2)16-24-28(26(35)17-30)29(19-8-14-22(37-3)15-9-19)34(25-7-5-4-6-23(25)33-24)18-27(36)32-21-12-10-20(31)11-13-21/h4-15,29,33H,16-18H2,1-3H3,(H,32,36). The van der Waals surface area contributed by atoms with Crippen molar-refractivity contribution >= 4 is 40.4 Å². The highest BCUT2D eigenvalue weighted by Gasteiger charge is 2.41. The first kappa shape index (κ1) is 24.9. The van der Waals surface area contributed by atoms with Crippen LogP contribution in [0.5, 0.6) is 5.75 Å². The number of allylic oxidation sites excluding steroid dienone is 1. The van der Waals surface area contributed by atoms with Gasteiger partial charge in [-0.3, -0.25) is 9.59 Å². The van der Waals surface area contributed by atoms with E-state index >= 15 is 0 Å². The van der Waals surface area contributed by atoms with E-state index in [4.69, 9.17) is 16.3 Å². The second kappa shape index (κ2) is 9.94. The number of fused-ring (bicyclic) bond motifs is 1. The van der Waals surface area contributed by atoms with Gasteiger partial charge >= 0.3 is 0 Å². The number of Topliss-reactive ketones (excluding diaryl/α,β-unsaturated/α-hetero) is 1. The van der Waals surface area contributed by atoms with Gasteiger partial charge in [0.2, 0.25) is 5.91 Å². The summed E-state index contributed by atoms with van der Waals surface area (Å²) in [5.41, 5.74) is 4.76. The van der Waals surface area contributed by atoms with E-state index in [0.29, 0.717) is 22.7 Å². The Balaban J connectivity index is 1.62. The number of anilines is 3. The van der Waals surface area contributed by atoms with Crippen LogP contribution >= 0.6 is 11.6 Å². The normalized spacial score (nSPS) is 18.3. The fourth-order valence-corrected chi connectivity index (χ4v) is 5.37. The number of benzene rings is 3. The maximum atomic E-state index is 13.7. The molecule has 1 aliphatic heterocycles. The van der Waals surface area contributed by atoms with Gasteiger partial charge in [0.05, 0.1) is 31.1 Å². The zero-order valence-electron chi connectivity index (χ0n) is 21.2. The molecule has 3 aromatic carbocycles. The maximum absolute atomic E-state index is 13.7. The van der Waals surface area contributed by atoms with Crippen molar-refractivity contribution < 1.29 is 14.3 Å². The summed E-state index contributed by atoms with van der Waals surface area (Å²) in [4.78, 5) is 29.2. The second-order valence-corrected chi connectivity index (χ2v) is 10.8. The molecule has 1 unspecified atom stereocenters. The molecular weight excluding hydrogens is 486 g/mol. The molecule has 0 saturated carbocycles. The number of carbonyl (C=O) groups is 2. The highest BCUT2D eigenvalue weighted by Crippen LogP contribution is 2.48. The van der Waals surface area contributed by atoms with E-state index in [2.05, 4.69) is 24.5 Å². The van der Waals surface area contributed by atoms with Crippen molar-refractivity contribution in [3.8, 4) is 5.75 Å². The van der Waals surface area contributed by atoms with Crippen LogP contribution in [0.25, 0.3) is 0 Å². The summed E-state index contributed by atoms with van der Waals surface area (Å²) in [6.07, 6.45) is 1.18. The zero-order valence-corrected chi connectivity index (χ0v) is 21.9. The van der Waals surface area contributed by atoms with Crippen molar-refractivity contribution in [1.29, 1.82) is 0 Å². The highest BCUT2D eigenvalue weighted by molar-refractivity contribution is 6.30. The molecule has 1 aliphatic carbocycles. The molecule has 0 aromatic heterocycles. The van der Waals surface area contributed by atoms with Crippen molar-refractivity contribution in [3.63, 3.8) is 0 Å². The molecule has 2 aliphatic rings. The van der Waals surface area contributed by atoms with Crippen LogP contribution < -0.4 is 20.3 Å². The van der Waals surface area contributed by atoms with Crippen LogP contribution in [0.2, 0.25) is 5.02 Å². The quantitative estimate of drug-likeness (QED) is 0.400. The molecule has 0 radical (unpaired) electrons. The third kappa shape index (κ3) is 5.20. The number of hydrogen-bond donors (Lipinski definition) is 2. The predicted octanol–water partition coefficient (Wildman–Crippen LogP) is 6.60. The van der Waals surface area contributed by atoms with Gasteiger partial charge in [-0.25, -0.2) is 0 Å². The van der Waals surface area contributed by atoms with E-state index < -0.39 is 6.04 Å². The molecular formula is C30H30ClN3O3. The molecule has 37 heavy (non-hydrogen) atoms. The summed E-state index contributed by atoms with van der Waals surface area (Å²) in [6.45, 7) is 4.28. The lowest BCUT2D eigenvalue weighted by Gasteiger charge is -2.38. The number of para-hydroxylation sites is 2. The largest absolute Gasteiger partial charge is 0.497 e. The lowest BCUT2D eigenvalue weighted by atomic mass is 9.73. The SMILES string of the molecule is COc1ccc(C2C3=C(CC(C)(C)CC3=O)Nc3ccccc3N2CC(=O)Nc2ccc(Cl)cc2)cc1. The number of nitrogens with zero attached hydrogens (tertiary/aromatic N) is 1. The van der Waals surface area contributed by atoms with Gasteiger partial charge < -0.3 is 20.3 Å². The van der Waals surface area contributed by atoms with Crippen LogP contribution in [-0.2, 0) is 9.59 Å². The molecule has 7 heteroatoms. The van der Waals surface area contributed by atoms with Gasteiger partial charge in [-0.05, 0) is 65.9 Å². The first-order valence-electron chi connectivity index (χ1n) is 12.3. The molecule has 0 bridgehead atoms. The molecule has 0 spiro atoms. The number of methoxy groups -OCH3 is 1. The number of halogens is 1. The van der Waals surface area contributed by atoms with E-state index in [0.717, 1.165) is 34.8 Å². The van der Waals surface area contributed by atoms with E-state index in [9.17, 15) is 9.59 Å². The fourth-order valence-electron chi connectivity index (χ4n) is 5.25. The number of ketones is 1. The van der Waals surface area contributed by atoms with E-state index in [1.807, 2.05) is 53.4 Å². The van der Waals surface area contributed by atoms with Gasteiger partial charge in [0, 0.05) is 28.4 Å². The van der Waals surface area contributed by atoms with Gasteiger partial charge in [0.1, 0.15) is 5.75 Å². The van der Waals surface area contributed by atoms with Gasteiger partial charge in [0.25, 0.3) is 0 Å². The monoisotopic (exact) mass is 515 g/mol. The smallest absolute Gasteiger partial charge is 0.243 e. The minimum atomic E-state index is -0.448. The molecule has 190 valence electrons. The van der Waals surface area contributed by atoms with Gasteiger partial charge in [-0.1, -0.05) is 49.7 Å². The van der Waals surface area contributed by atoms with E-state index in [-0.39, 0.29) is 23.7 Å². The van der Waals surface area contributed by atoms with Crippen molar-refractivity contribution in [2.45, 2.75) is 32.7 Å². The first-order valence-corrected chi connectivity index (χ1v) is 12.7. The minimum absolute atomic E-state index is 0.0471. The molecule has 1 amide bonds. The molecule has 1 heterocycles. The van der Waals surface area contributed by atoms with Crippen LogP contribution in [0.4, 0.5) is 17.1 Å². The van der Waals surface area contributed by atoms with E-state index in [1.54, 1.807) is 31.4 Å². The predicted molar refractivity (Wildman–Crippen MR) is 148 cm³/mol. The minimum Gasteiger partial charge on any atom is -0.497 e. The van der Waals surface area contributed by atoms with Crippen LogP contribution in [0.15, 0.2) is 84.1 Å². The van der Waals surface area contributed by atoms with Crippen LogP contribution in [-0.4, -0.2) is 25.3 Å². The van der Waals surface area contributed by atoms with Gasteiger partial charge in [0.15, 0.2) is 5.78 Å². The highest BCUT2D eigenvalue weighted by atomic mass is 35.5. The van der Waals surface area contributed by atoms with E-state index in [1.165, 1.54) is 0 Å². The fraction of sp³-hybridized carbons (Fsp3) is 0.267.